The molecule has 0 aliphatic carbocycles. The summed E-state index contributed by atoms with van der Waals surface area (Å²) in [5, 5.41) is 2.81. The molecule has 0 fully saturated rings. The minimum Gasteiger partial charge on any atom is -0.350 e. The van der Waals surface area contributed by atoms with Crippen LogP contribution in [-0.4, -0.2) is 26.3 Å². The first-order valence-corrected chi connectivity index (χ1v) is 11.8. The van der Waals surface area contributed by atoms with E-state index < -0.39 is 15.7 Å². The lowest BCUT2D eigenvalue weighted by Crippen LogP contribution is -2.32. The molecule has 0 saturated carbocycles. The molecule has 1 aliphatic rings. The number of hydrogen-bond acceptors (Lipinski definition) is 4. The van der Waals surface area contributed by atoms with E-state index in [9.17, 15) is 18.0 Å². The van der Waals surface area contributed by atoms with Crippen LogP contribution in [-0.2, 0) is 16.4 Å². The summed E-state index contributed by atoms with van der Waals surface area (Å²) in [7, 11) is -3.96. The smallest absolute Gasteiger partial charge is 0.259 e. The van der Waals surface area contributed by atoms with Gasteiger partial charge in [0.25, 0.3) is 11.8 Å². The zero-order valence-corrected chi connectivity index (χ0v) is 18.9. The third kappa shape index (κ3) is 3.91. The van der Waals surface area contributed by atoms with Gasteiger partial charge in [0.05, 0.1) is 27.6 Å². The molecule has 7 heteroatoms. The van der Waals surface area contributed by atoms with Gasteiger partial charge in [0.2, 0.25) is 9.84 Å². The number of anilines is 1. The molecule has 0 aromatic heterocycles. The van der Waals surface area contributed by atoms with Crippen molar-refractivity contribution in [1.29, 1.82) is 0 Å². The Bertz CT molecular complexity index is 1330. The second kappa shape index (κ2) is 8.24. The largest absolute Gasteiger partial charge is 0.350 e. The van der Waals surface area contributed by atoms with Crippen LogP contribution in [0.2, 0.25) is 0 Å². The Balaban J connectivity index is 1.94. The molecule has 1 heterocycles. The molecular formula is C25H24N2O4S. The number of nitrogens with one attached hydrogen (secondary N) is 1. The van der Waals surface area contributed by atoms with E-state index in [-0.39, 0.29) is 39.5 Å². The highest BCUT2D eigenvalue weighted by molar-refractivity contribution is 7.91. The molecule has 0 spiro atoms. The van der Waals surface area contributed by atoms with E-state index >= 15 is 0 Å². The van der Waals surface area contributed by atoms with Crippen LogP contribution in [0.3, 0.4) is 0 Å². The fourth-order valence-corrected chi connectivity index (χ4v) is 5.47. The third-order valence-electron chi connectivity index (χ3n) is 5.30. The van der Waals surface area contributed by atoms with Gasteiger partial charge in [0, 0.05) is 11.6 Å². The van der Waals surface area contributed by atoms with Gasteiger partial charge in [-0.15, -0.1) is 0 Å². The third-order valence-corrected chi connectivity index (χ3v) is 7.16. The van der Waals surface area contributed by atoms with Crippen LogP contribution in [0.1, 0.15) is 45.7 Å². The number of benzene rings is 3. The Kier molecular flexibility index (Phi) is 5.60. The molecule has 6 nitrogen and oxygen atoms in total. The fourth-order valence-electron chi connectivity index (χ4n) is 3.84. The van der Waals surface area contributed by atoms with Gasteiger partial charge in [-0.1, -0.05) is 42.0 Å². The van der Waals surface area contributed by atoms with Gasteiger partial charge < -0.3 is 10.2 Å². The predicted molar refractivity (Wildman–Crippen MR) is 123 cm³/mol. The molecule has 3 aromatic carbocycles. The molecule has 164 valence electrons. The van der Waals surface area contributed by atoms with Crippen molar-refractivity contribution in [2.24, 2.45) is 0 Å². The van der Waals surface area contributed by atoms with Crippen LogP contribution in [0.4, 0.5) is 5.69 Å². The van der Waals surface area contributed by atoms with Gasteiger partial charge in [0.15, 0.2) is 0 Å². The normalized spacial score (nSPS) is 14.5. The number of aryl methyl sites for hydroxylation is 1. The molecular weight excluding hydrogens is 424 g/mol. The summed E-state index contributed by atoms with van der Waals surface area (Å²) in [5.41, 5.74) is 2.50. The van der Waals surface area contributed by atoms with E-state index in [0.29, 0.717) is 5.56 Å². The lowest BCUT2D eigenvalue weighted by atomic mass is 10.1. The minimum absolute atomic E-state index is 0.00421. The zero-order chi connectivity index (χ0) is 23.0. The quantitative estimate of drug-likeness (QED) is 0.651. The summed E-state index contributed by atoms with van der Waals surface area (Å²) in [6.07, 6.45) is 0. The van der Waals surface area contributed by atoms with Gasteiger partial charge in [0.1, 0.15) is 0 Å². The van der Waals surface area contributed by atoms with Crippen LogP contribution in [0, 0.1) is 6.92 Å². The average molecular weight is 449 g/mol. The van der Waals surface area contributed by atoms with Crippen LogP contribution >= 0.6 is 0 Å². The predicted octanol–water partition coefficient (Wildman–Crippen LogP) is 4.13. The first-order chi connectivity index (χ1) is 15.2. The van der Waals surface area contributed by atoms with Gasteiger partial charge in [-0.3, -0.25) is 9.59 Å². The molecule has 4 rings (SSSR count). The standard InChI is InChI=1S/C25H24N2O4S/c1-16(2)26-24(28)19-11-12-23-21(14-19)27(15-18-8-6-7-17(3)13-18)25(29)20-9-4-5-10-22(20)32(23,30)31/h4-14,16H,15H2,1-3H3,(H,26,28). The number of amides is 2. The maximum atomic E-state index is 13.6. The van der Waals surface area contributed by atoms with Gasteiger partial charge >= 0.3 is 0 Å². The maximum absolute atomic E-state index is 13.6. The fraction of sp³-hybridized carbons (Fsp3) is 0.200. The van der Waals surface area contributed by atoms with Crippen LogP contribution in [0.15, 0.2) is 76.5 Å². The Morgan fingerprint density at radius 1 is 0.969 bits per heavy atom. The Hall–Kier alpha value is -3.45. The van der Waals surface area contributed by atoms with E-state index in [1.54, 1.807) is 12.1 Å². The zero-order valence-electron chi connectivity index (χ0n) is 18.1. The highest BCUT2D eigenvalue weighted by atomic mass is 32.2. The number of sulfone groups is 1. The molecule has 0 radical (unpaired) electrons. The molecule has 0 unspecified atom stereocenters. The van der Waals surface area contributed by atoms with Crippen molar-refractivity contribution in [1.82, 2.24) is 5.32 Å². The average Bonchev–Trinajstić information content (AvgIpc) is 2.82. The van der Waals surface area contributed by atoms with E-state index in [1.807, 2.05) is 45.0 Å². The first-order valence-electron chi connectivity index (χ1n) is 10.3. The number of nitrogens with zero attached hydrogens (tertiary/aromatic N) is 1. The summed E-state index contributed by atoms with van der Waals surface area (Å²) >= 11 is 0. The SMILES string of the molecule is Cc1cccc(CN2C(=O)c3ccccc3S(=O)(=O)c3ccc(C(=O)NC(C)C)cc32)c1. The highest BCUT2D eigenvalue weighted by Gasteiger charge is 2.36. The summed E-state index contributed by atoms with van der Waals surface area (Å²) < 4.78 is 27.0. The van der Waals surface area contributed by atoms with Gasteiger partial charge in [-0.25, -0.2) is 8.42 Å². The van der Waals surface area contributed by atoms with E-state index in [2.05, 4.69) is 5.32 Å². The number of rotatable bonds is 4. The topological polar surface area (TPSA) is 83.6 Å². The number of carbonyl (C=O) groups excluding carboxylic acids is 2. The molecule has 0 atom stereocenters. The Labute approximate surface area is 187 Å². The lowest BCUT2D eigenvalue weighted by molar-refractivity contribution is 0.0940. The second-order valence-corrected chi connectivity index (χ2v) is 10.1. The van der Waals surface area contributed by atoms with Crippen molar-refractivity contribution in [3.63, 3.8) is 0 Å². The number of carbonyl (C=O) groups is 2. The molecule has 2 amide bonds. The van der Waals surface area contributed by atoms with Crippen molar-refractivity contribution in [3.05, 3.63) is 89.0 Å². The van der Waals surface area contributed by atoms with Crippen molar-refractivity contribution in [3.8, 4) is 0 Å². The van der Waals surface area contributed by atoms with E-state index in [0.717, 1.165) is 11.1 Å². The first kappa shape index (κ1) is 21.8. The van der Waals surface area contributed by atoms with Crippen LogP contribution < -0.4 is 10.2 Å². The maximum Gasteiger partial charge on any atom is 0.259 e. The van der Waals surface area contributed by atoms with Gasteiger partial charge in [-0.05, 0) is 56.7 Å². The molecule has 3 aromatic rings. The van der Waals surface area contributed by atoms with Crippen molar-refractivity contribution in [2.75, 3.05) is 4.90 Å². The summed E-state index contributed by atoms with van der Waals surface area (Å²) in [6, 6.07) is 18.2. The molecule has 1 N–H and O–H groups in total. The van der Waals surface area contributed by atoms with Crippen molar-refractivity contribution in [2.45, 2.75) is 43.1 Å². The monoisotopic (exact) mass is 448 g/mol. The van der Waals surface area contributed by atoms with E-state index in [1.165, 1.54) is 35.2 Å². The Morgan fingerprint density at radius 3 is 2.44 bits per heavy atom. The molecule has 0 bridgehead atoms. The summed E-state index contributed by atoms with van der Waals surface area (Å²) in [4.78, 5) is 27.6. The molecule has 32 heavy (non-hydrogen) atoms. The van der Waals surface area contributed by atoms with Crippen molar-refractivity contribution < 1.29 is 18.0 Å². The van der Waals surface area contributed by atoms with Crippen LogP contribution in [0.5, 0.6) is 0 Å². The second-order valence-electron chi connectivity index (χ2n) is 8.19. The van der Waals surface area contributed by atoms with E-state index in [4.69, 9.17) is 0 Å². The lowest BCUT2D eigenvalue weighted by Gasteiger charge is -2.24. The molecule has 0 saturated heterocycles. The van der Waals surface area contributed by atoms with Crippen LogP contribution in [0.25, 0.3) is 0 Å². The minimum atomic E-state index is -3.96. The number of hydrogen-bond donors (Lipinski definition) is 1. The van der Waals surface area contributed by atoms with Gasteiger partial charge in [-0.2, -0.15) is 0 Å². The summed E-state index contributed by atoms with van der Waals surface area (Å²) in [6.45, 7) is 5.81. The van der Waals surface area contributed by atoms with Crippen molar-refractivity contribution >= 4 is 27.3 Å². The summed E-state index contributed by atoms with van der Waals surface area (Å²) in [5.74, 6) is -0.754. The number of fused-ring (bicyclic) bond motifs is 2. The highest BCUT2D eigenvalue weighted by Crippen LogP contribution is 2.38. The molecule has 1 aliphatic heterocycles. The Morgan fingerprint density at radius 2 is 1.72 bits per heavy atom.